The van der Waals surface area contributed by atoms with Crippen molar-refractivity contribution in [2.24, 2.45) is 30.7 Å². The lowest BCUT2D eigenvalue weighted by Gasteiger charge is -2.28. The van der Waals surface area contributed by atoms with Crippen LogP contribution in [-0.4, -0.2) is 36.8 Å². The highest BCUT2D eigenvalue weighted by atomic mass is 16.6. The minimum Gasteiger partial charge on any atom is -0.478 e. The van der Waals surface area contributed by atoms with Crippen molar-refractivity contribution in [2.45, 2.75) is 0 Å². The van der Waals surface area contributed by atoms with E-state index in [1.165, 1.54) is 24.3 Å². The molecule has 0 aliphatic heterocycles. The van der Waals surface area contributed by atoms with Crippen LogP contribution in [0.1, 0.15) is 10.4 Å². The van der Waals surface area contributed by atoms with Crippen LogP contribution in [0.4, 0.5) is 79.6 Å². The van der Waals surface area contributed by atoms with Gasteiger partial charge >= 0.3 is 5.97 Å². The SMILES string of the molecule is CN(CN(C)c1ccc(Nc2ccc(N)cc2[N+](=O)[O-])c(C(=O)O)c1)c1cccc(N=Nc2ccc(N=Nc3cc(N=Nc4ccccc4)c(N)cc3N)c3ccccc23)c1. The molecule has 0 saturated carbocycles. The average molecular weight is 814 g/mol. The first-order valence-corrected chi connectivity index (χ1v) is 18.6. The number of nitro benzene ring substituents is 1. The normalized spacial score (nSPS) is 11.4. The summed E-state index contributed by atoms with van der Waals surface area (Å²) in [6.45, 7) is 0.373. The number of nitrogens with one attached hydrogen (secondary N) is 1. The summed E-state index contributed by atoms with van der Waals surface area (Å²) in [5.41, 5.74) is 23.8. The molecular weight excluding hydrogens is 775 g/mol. The van der Waals surface area contributed by atoms with E-state index in [1.807, 2.05) is 115 Å². The average Bonchev–Trinajstić information content (AvgIpc) is 3.26. The summed E-state index contributed by atoms with van der Waals surface area (Å²) in [5, 5.41) is 52.8. The lowest BCUT2D eigenvalue weighted by Crippen LogP contribution is -2.33. The number of azo groups is 3. The van der Waals surface area contributed by atoms with Gasteiger partial charge in [-0.3, -0.25) is 10.1 Å². The summed E-state index contributed by atoms with van der Waals surface area (Å²) in [5.74, 6) is -1.20. The zero-order valence-corrected chi connectivity index (χ0v) is 32.9. The zero-order valence-electron chi connectivity index (χ0n) is 32.9. The van der Waals surface area contributed by atoms with Gasteiger partial charge in [0.05, 0.1) is 57.0 Å². The largest absolute Gasteiger partial charge is 0.478 e. The van der Waals surface area contributed by atoms with Crippen LogP contribution in [0.3, 0.4) is 0 Å². The van der Waals surface area contributed by atoms with Gasteiger partial charge in [-0.25, -0.2) is 4.79 Å². The molecule has 0 amide bonds. The molecule has 0 aromatic heterocycles. The molecule has 7 aromatic rings. The number of nitro groups is 1. The third-order valence-corrected chi connectivity index (χ3v) is 9.48. The van der Waals surface area contributed by atoms with Crippen LogP contribution in [0.2, 0.25) is 0 Å². The highest BCUT2D eigenvalue weighted by Gasteiger charge is 2.19. The maximum atomic E-state index is 12.3. The van der Waals surface area contributed by atoms with Crippen LogP contribution in [0.25, 0.3) is 10.8 Å². The molecule has 0 bridgehead atoms. The molecule has 17 heteroatoms. The maximum Gasteiger partial charge on any atom is 0.337 e. The zero-order chi connectivity index (χ0) is 43.0. The molecule has 0 aliphatic carbocycles. The Balaban J connectivity index is 1.06. The predicted octanol–water partition coefficient (Wildman–Crippen LogP) is 11.7. The van der Waals surface area contributed by atoms with Gasteiger partial charge in [-0.1, -0.05) is 48.5 Å². The Bertz CT molecular complexity index is 2870. The molecule has 61 heavy (non-hydrogen) atoms. The van der Waals surface area contributed by atoms with Crippen molar-refractivity contribution >= 4 is 96.4 Å². The number of nitrogens with zero attached hydrogens (tertiary/aromatic N) is 9. The summed E-state index contributed by atoms with van der Waals surface area (Å²) in [6, 6.07) is 40.3. The lowest BCUT2D eigenvalue weighted by molar-refractivity contribution is -0.383. The van der Waals surface area contributed by atoms with E-state index in [-0.39, 0.29) is 28.3 Å². The van der Waals surface area contributed by atoms with E-state index in [2.05, 4.69) is 36.0 Å². The molecule has 7 rings (SSSR count). The number of benzene rings is 7. The Kier molecular flexibility index (Phi) is 11.8. The van der Waals surface area contributed by atoms with Gasteiger partial charge in [-0.05, 0) is 84.9 Å². The van der Waals surface area contributed by atoms with Gasteiger partial charge in [0.1, 0.15) is 17.1 Å². The second-order valence-electron chi connectivity index (χ2n) is 13.8. The summed E-state index contributed by atoms with van der Waals surface area (Å²) in [7, 11) is 3.73. The molecule has 304 valence electrons. The summed E-state index contributed by atoms with van der Waals surface area (Å²) in [4.78, 5) is 27.2. The van der Waals surface area contributed by atoms with Crippen molar-refractivity contribution in [1.82, 2.24) is 0 Å². The molecule has 0 fully saturated rings. The summed E-state index contributed by atoms with van der Waals surface area (Å²) >= 11 is 0. The van der Waals surface area contributed by atoms with Crippen LogP contribution >= 0.6 is 0 Å². The van der Waals surface area contributed by atoms with Gasteiger partial charge in [0.2, 0.25) is 0 Å². The fraction of sp³-hybridized carbons (Fsp3) is 0.0682. The Labute approximate surface area is 349 Å². The second-order valence-corrected chi connectivity index (χ2v) is 13.8. The number of carboxylic acid groups (broad SMARTS) is 1. The Morgan fingerprint density at radius 2 is 1.16 bits per heavy atom. The van der Waals surface area contributed by atoms with Crippen molar-refractivity contribution in [3.63, 3.8) is 0 Å². The smallest absolute Gasteiger partial charge is 0.337 e. The quantitative estimate of drug-likeness (QED) is 0.0228. The number of hydrogen-bond acceptors (Lipinski definition) is 15. The molecule has 17 nitrogen and oxygen atoms in total. The Morgan fingerprint density at radius 1 is 0.607 bits per heavy atom. The first-order valence-electron chi connectivity index (χ1n) is 18.6. The van der Waals surface area contributed by atoms with Gasteiger partial charge < -0.3 is 37.4 Å². The number of carbonyl (C=O) groups is 1. The number of nitrogens with two attached hydrogens (primary N) is 3. The number of aromatic carboxylic acids is 1. The molecule has 0 saturated heterocycles. The van der Waals surface area contributed by atoms with Gasteiger partial charge in [0.15, 0.2) is 0 Å². The second kappa shape index (κ2) is 17.8. The highest BCUT2D eigenvalue weighted by molar-refractivity contribution is 6.00. The third-order valence-electron chi connectivity index (χ3n) is 9.48. The van der Waals surface area contributed by atoms with E-state index in [0.29, 0.717) is 57.9 Å². The van der Waals surface area contributed by atoms with Crippen molar-refractivity contribution in [2.75, 3.05) is 53.1 Å². The molecule has 0 spiro atoms. The maximum absolute atomic E-state index is 12.3. The number of fused-ring (bicyclic) bond motifs is 1. The van der Waals surface area contributed by atoms with Crippen LogP contribution in [0, 0.1) is 10.1 Å². The number of carboxylic acids is 1. The van der Waals surface area contributed by atoms with Crippen LogP contribution < -0.4 is 32.3 Å². The minimum atomic E-state index is -1.20. The van der Waals surface area contributed by atoms with E-state index in [4.69, 9.17) is 17.2 Å². The molecule has 8 N–H and O–H groups in total. The molecule has 0 radical (unpaired) electrons. The van der Waals surface area contributed by atoms with Crippen LogP contribution in [0.15, 0.2) is 170 Å². The minimum absolute atomic E-state index is 0.0626. The van der Waals surface area contributed by atoms with Crippen molar-refractivity contribution in [3.8, 4) is 0 Å². The number of hydrogen-bond donors (Lipinski definition) is 5. The number of nitrogen functional groups attached to an aromatic ring is 3. The summed E-state index contributed by atoms with van der Waals surface area (Å²) < 4.78 is 0. The van der Waals surface area contributed by atoms with Gasteiger partial charge in [-0.15, -0.1) is 20.5 Å². The highest BCUT2D eigenvalue weighted by Crippen LogP contribution is 2.39. The predicted molar refractivity (Wildman–Crippen MR) is 240 cm³/mol. The Hall–Kier alpha value is -8.73. The molecule has 7 aromatic carbocycles. The first-order chi connectivity index (χ1) is 29.4. The van der Waals surface area contributed by atoms with Crippen molar-refractivity contribution in [1.29, 1.82) is 0 Å². The topological polar surface area (TPSA) is 251 Å². The number of rotatable bonds is 14. The Morgan fingerprint density at radius 3 is 1.82 bits per heavy atom. The molecule has 0 heterocycles. The fourth-order valence-electron chi connectivity index (χ4n) is 6.33. The fourth-order valence-corrected chi connectivity index (χ4v) is 6.33. The summed E-state index contributed by atoms with van der Waals surface area (Å²) in [6.07, 6.45) is 0. The van der Waals surface area contributed by atoms with E-state index >= 15 is 0 Å². The van der Waals surface area contributed by atoms with E-state index in [0.717, 1.165) is 16.5 Å². The van der Waals surface area contributed by atoms with Crippen molar-refractivity contribution < 1.29 is 14.8 Å². The van der Waals surface area contributed by atoms with E-state index in [9.17, 15) is 20.0 Å². The van der Waals surface area contributed by atoms with Crippen molar-refractivity contribution in [3.05, 3.63) is 155 Å². The monoisotopic (exact) mass is 813 g/mol. The van der Waals surface area contributed by atoms with Gasteiger partial charge in [-0.2, -0.15) is 10.2 Å². The molecule has 0 atom stereocenters. The standard InChI is InChI=1S/C44H39N13O4/c1-55(26-56(2)31-16-18-37(34(23-31)44(58)59)48-40-17-15-27(45)21-43(40)57(60)61)30-12-8-11-29(22-30)50-51-38-19-20-39(33-14-7-6-13-32(33)38)52-54-42-25-41(35(46)24-36(42)47)53-49-28-9-4-3-5-10-28/h3-25,48H,26,45-47H2,1-2H3,(H,58,59). The van der Waals surface area contributed by atoms with Crippen LogP contribution in [-0.2, 0) is 0 Å². The molecule has 0 aliphatic rings. The van der Waals surface area contributed by atoms with Crippen LogP contribution in [0.5, 0.6) is 0 Å². The molecule has 0 unspecified atom stereocenters. The third kappa shape index (κ3) is 9.53. The molecular formula is C44H39N13O4. The lowest BCUT2D eigenvalue weighted by atomic mass is 10.1. The van der Waals surface area contributed by atoms with Gasteiger partial charge in [0.25, 0.3) is 5.69 Å². The van der Waals surface area contributed by atoms with Gasteiger partial charge in [0, 0.05) is 48.0 Å². The van der Waals surface area contributed by atoms with E-state index < -0.39 is 10.9 Å². The van der Waals surface area contributed by atoms with E-state index in [1.54, 1.807) is 24.3 Å². The number of anilines is 7. The first kappa shape index (κ1) is 40.5.